The van der Waals surface area contributed by atoms with Crippen LogP contribution in [0.5, 0.6) is 0 Å². The molecule has 31 heavy (non-hydrogen) atoms. The van der Waals surface area contributed by atoms with E-state index in [1.165, 1.54) is 12.1 Å². The number of piperidine rings is 1. The first-order valence-electron chi connectivity index (χ1n) is 9.04. The van der Waals surface area contributed by atoms with Gasteiger partial charge in [0.05, 0.1) is 11.1 Å². The van der Waals surface area contributed by atoms with Crippen molar-refractivity contribution in [3.8, 4) is 0 Å². The lowest BCUT2D eigenvalue weighted by molar-refractivity contribution is -0.143. The van der Waals surface area contributed by atoms with E-state index in [2.05, 4.69) is 10.6 Å². The van der Waals surface area contributed by atoms with E-state index in [9.17, 15) is 30.7 Å². The third-order valence-electron chi connectivity index (χ3n) is 4.90. The van der Waals surface area contributed by atoms with E-state index in [0.29, 0.717) is 13.0 Å². The summed E-state index contributed by atoms with van der Waals surface area (Å²) in [6.45, 7) is 0.555. The van der Waals surface area contributed by atoms with E-state index in [0.717, 1.165) is 24.1 Å². The van der Waals surface area contributed by atoms with E-state index < -0.39 is 29.3 Å². The van der Waals surface area contributed by atoms with Crippen molar-refractivity contribution in [2.24, 2.45) is 0 Å². The maximum atomic E-state index is 13.2. The Morgan fingerprint density at radius 1 is 0.871 bits per heavy atom. The Kier molecular flexibility index (Phi) is 9.62. The molecule has 2 atom stereocenters. The quantitative estimate of drug-likeness (QED) is 0.490. The highest BCUT2D eigenvalue weighted by Crippen LogP contribution is 2.36. The van der Waals surface area contributed by atoms with Gasteiger partial charge in [-0.25, -0.2) is 4.39 Å². The topological polar surface area (TPSA) is 24.1 Å². The van der Waals surface area contributed by atoms with Crippen LogP contribution in [0.25, 0.3) is 0 Å². The molecule has 0 spiro atoms. The SMILES string of the molecule is Cl.Cl.Fc1ccc([C@@H]2NCCC[C@@H]2NCc2cc(C(F)(F)F)cc(C(F)(F)F)c2)cc1. The van der Waals surface area contributed by atoms with Gasteiger partial charge in [-0.2, -0.15) is 26.3 Å². The van der Waals surface area contributed by atoms with Crippen molar-refractivity contribution in [2.45, 2.75) is 43.8 Å². The van der Waals surface area contributed by atoms with Gasteiger partial charge in [0.25, 0.3) is 0 Å². The summed E-state index contributed by atoms with van der Waals surface area (Å²) in [4.78, 5) is 0. The number of rotatable bonds is 4. The fraction of sp³-hybridized carbons (Fsp3) is 0.400. The van der Waals surface area contributed by atoms with E-state index in [1.54, 1.807) is 12.1 Å². The summed E-state index contributed by atoms with van der Waals surface area (Å²) in [7, 11) is 0. The zero-order valence-electron chi connectivity index (χ0n) is 16.0. The van der Waals surface area contributed by atoms with Gasteiger partial charge >= 0.3 is 12.4 Å². The molecule has 0 amide bonds. The summed E-state index contributed by atoms with van der Waals surface area (Å²) >= 11 is 0. The molecule has 0 aliphatic carbocycles. The Hall–Kier alpha value is -1.55. The van der Waals surface area contributed by atoms with E-state index >= 15 is 0 Å². The highest BCUT2D eigenvalue weighted by Gasteiger charge is 2.37. The van der Waals surface area contributed by atoms with Crippen LogP contribution in [0, 0.1) is 5.82 Å². The predicted molar refractivity (Wildman–Crippen MR) is 108 cm³/mol. The summed E-state index contributed by atoms with van der Waals surface area (Å²) < 4.78 is 91.3. The second-order valence-electron chi connectivity index (χ2n) is 7.03. The largest absolute Gasteiger partial charge is 0.416 e. The molecule has 1 fully saturated rings. The highest BCUT2D eigenvalue weighted by molar-refractivity contribution is 5.85. The molecular weight excluding hydrogens is 472 g/mol. The molecule has 1 heterocycles. The molecular formula is C20H21Cl2F7N2. The van der Waals surface area contributed by atoms with Crippen LogP contribution in [-0.2, 0) is 18.9 Å². The van der Waals surface area contributed by atoms with Gasteiger partial charge in [0.1, 0.15) is 5.82 Å². The van der Waals surface area contributed by atoms with Gasteiger partial charge < -0.3 is 10.6 Å². The van der Waals surface area contributed by atoms with Gasteiger partial charge in [0.15, 0.2) is 0 Å². The van der Waals surface area contributed by atoms with E-state index in [-0.39, 0.29) is 55.1 Å². The molecule has 2 aromatic rings. The van der Waals surface area contributed by atoms with Crippen LogP contribution in [0.15, 0.2) is 42.5 Å². The minimum Gasteiger partial charge on any atom is -0.309 e. The highest BCUT2D eigenvalue weighted by atomic mass is 35.5. The lowest BCUT2D eigenvalue weighted by Gasteiger charge is -2.34. The lowest BCUT2D eigenvalue weighted by Crippen LogP contribution is -2.45. The minimum atomic E-state index is -4.88. The molecule has 2 N–H and O–H groups in total. The van der Waals surface area contributed by atoms with E-state index in [4.69, 9.17) is 0 Å². The second-order valence-corrected chi connectivity index (χ2v) is 7.03. The Labute approximate surface area is 187 Å². The monoisotopic (exact) mass is 492 g/mol. The molecule has 0 saturated carbocycles. The summed E-state index contributed by atoms with van der Waals surface area (Å²) in [6, 6.07) is 6.97. The zero-order valence-corrected chi connectivity index (χ0v) is 17.6. The van der Waals surface area contributed by atoms with Crippen LogP contribution in [0.4, 0.5) is 30.7 Å². The molecule has 3 rings (SSSR count). The van der Waals surface area contributed by atoms with Crippen molar-refractivity contribution in [3.63, 3.8) is 0 Å². The second kappa shape index (κ2) is 10.8. The van der Waals surface area contributed by atoms with Gasteiger partial charge in [0, 0.05) is 18.6 Å². The van der Waals surface area contributed by atoms with Crippen LogP contribution in [0.3, 0.4) is 0 Å². The van der Waals surface area contributed by atoms with Crippen LogP contribution in [-0.4, -0.2) is 12.6 Å². The maximum absolute atomic E-state index is 13.2. The number of benzene rings is 2. The van der Waals surface area contributed by atoms with Gasteiger partial charge in [-0.05, 0) is 60.8 Å². The number of halogens is 9. The van der Waals surface area contributed by atoms with Crippen molar-refractivity contribution in [1.29, 1.82) is 0 Å². The molecule has 11 heteroatoms. The first kappa shape index (κ1) is 27.5. The Balaban J connectivity index is 0.00000240. The predicted octanol–water partition coefficient (Wildman–Crippen LogP) is 6.29. The Morgan fingerprint density at radius 2 is 1.42 bits per heavy atom. The fourth-order valence-electron chi connectivity index (χ4n) is 3.50. The number of hydrogen-bond donors (Lipinski definition) is 2. The standard InChI is InChI=1S/C20H19F7N2.2ClH/c21-16-5-3-13(4-6-16)18-17(2-1-7-28-18)29-11-12-8-14(19(22,23)24)10-15(9-12)20(25,26)27;;/h3-6,8-10,17-18,28-29H,1-2,7,11H2;2*1H/t17-,18-;;/m0../s1. The van der Waals surface area contributed by atoms with Crippen molar-refractivity contribution in [1.82, 2.24) is 10.6 Å². The van der Waals surface area contributed by atoms with Gasteiger partial charge in [-0.15, -0.1) is 24.8 Å². The molecule has 1 aliphatic rings. The molecule has 0 aromatic heterocycles. The minimum absolute atomic E-state index is 0. The Bertz CT molecular complexity index is 807. The molecule has 0 radical (unpaired) electrons. The summed E-state index contributed by atoms with van der Waals surface area (Å²) in [5, 5.41) is 6.33. The summed E-state index contributed by atoms with van der Waals surface area (Å²) in [5.74, 6) is -0.391. The number of nitrogens with one attached hydrogen (secondary N) is 2. The fourth-order valence-corrected chi connectivity index (χ4v) is 3.50. The molecule has 174 valence electrons. The van der Waals surface area contributed by atoms with Crippen molar-refractivity contribution in [2.75, 3.05) is 6.54 Å². The normalized spacial score (nSPS) is 19.3. The molecule has 0 bridgehead atoms. The van der Waals surface area contributed by atoms with Crippen LogP contribution in [0.2, 0.25) is 0 Å². The van der Waals surface area contributed by atoms with Crippen LogP contribution >= 0.6 is 24.8 Å². The molecule has 2 nitrogen and oxygen atoms in total. The summed E-state index contributed by atoms with van der Waals surface area (Å²) in [5.41, 5.74) is -1.97. The zero-order chi connectivity index (χ0) is 21.2. The molecule has 2 aromatic carbocycles. The summed E-state index contributed by atoms with van der Waals surface area (Å²) in [6.07, 6.45) is -8.27. The van der Waals surface area contributed by atoms with Gasteiger partial charge in [0.2, 0.25) is 0 Å². The number of hydrogen-bond acceptors (Lipinski definition) is 2. The average Bonchev–Trinajstić information content (AvgIpc) is 2.66. The lowest BCUT2D eigenvalue weighted by atomic mass is 9.92. The number of alkyl halides is 6. The van der Waals surface area contributed by atoms with Gasteiger partial charge in [-0.3, -0.25) is 0 Å². The third kappa shape index (κ3) is 7.24. The van der Waals surface area contributed by atoms with E-state index in [1.807, 2.05) is 0 Å². The van der Waals surface area contributed by atoms with Crippen LogP contribution in [0.1, 0.15) is 41.1 Å². The smallest absolute Gasteiger partial charge is 0.309 e. The first-order valence-corrected chi connectivity index (χ1v) is 9.04. The molecule has 1 aliphatic heterocycles. The molecule has 0 unspecified atom stereocenters. The van der Waals surface area contributed by atoms with Crippen LogP contribution < -0.4 is 10.6 Å². The first-order chi connectivity index (χ1) is 13.5. The average molecular weight is 493 g/mol. The maximum Gasteiger partial charge on any atom is 0.416 e. The molecule has 1 saturated heterocycles. The Morgan fingerprint density at radius 3 is 1.94 bits per heavy atom. The van der Waals surface area contributed by atoms with Crippen molar-refractivity contribution >= 4 is 24.8 Å². The third-order valence-corrected chi connectivity index (χ3v) is 4.90. The van der Waals surface area contributed by atoms with Crippen molar-refractivity contribution < 1.29 is 30.7 Å². The van der Waals surface area contributed by atoms with Gasteiger partial charge in [-0.1, -0.05) is 12.1 Å². The van der Waals surface area contributed by atoms with Crippen molar-refractivity contribution in [3.05, 3.63) is 70.5 Å².